The lowest BCUT2D eigenvalue weighted by molar-refractivity contribution is 0.101. The molecule has 0 aromatic heterocycles. The lowest BCUT2D eigenvalue weighted by Crippen LogP contribution is -2.08. The van der Waals surface area contributed by atoms with E-state index in [1.54, 1.807) is 24.3 Å². The molecule has 0 spiro atoms. The van der Waals surface area contributed by atoms with Crippen LogP contribution in [0.15, 0.2) is 77.0 Å². The number of fused-ring (bicyclic) bond motifs is 1. The minimum atomic E-state index is -0.115. The zero-order chi connectivity index (χ0) is 20.4. The van der Waals surface area contributed by atoms with E-state index in [1.807, 2.05) is 67.5 Å². The van der Waals surface area contributed by atoms with Crippen LogP contribution >= 0.6 is 15.9 Å². The molecule has 4 nitrogen and oxygen atoms in total. The third-order valence-electron chi connectivity index (χ3n) is 4.67. The standard InChI is InChI=1S/C24H20BrNO3/c1-26(2)19-9-5-16(6-10-19)13-23-24(27)21-12-11-20(14-22(21)29-23)28-15-17-3-7-18(25)8-4-17/h3-14H,15H2,1-2H3/b23-13-. The summed E-state index contributed by atoms with van der Waals surface area (Å²) >= 11 is 3.42. The van der Waals surface area contributed by atoms with Crippen molar-refractivity contribution in [2.24, 2.45) is 0 Å². The third-order valence-corrected chi connectivity index (χ3v) is 5.20. The molecule has 4 rings (SSSR count). The van der Waals surface area contributed by atoms with Crippen LogP contribution in [0.5, 0.6) is 11.5 Å². The summed E-state index contributed by atoms with van der Waals surface area (Å²) in [6.45, 7) is 0.445. The highest BCUT2D eigenvalue weighted by atomic mass is 79.9. The molecule has 0 amide bonds. The predicted octanol–water partition coefficient (Wildman–Crippen LogP) is 5.71. The molecule has 29 heavy (non-hydrogen) atoms. The maximum absolute atomic E-state index is 12.7. The van der Waals surface area contributed by atoms with Gasteiger partial charge in [-0.3, -0.25) is 4.79 Å². The quantitative estimate of drug-likeness (QED) is 0.467. The number of carbonyl (C=O) groups is 1. The van der Waals surface area contributed by atoms with Crippen LogP contribution < -0.4 is 14.4 Å². The molecule has 0 N–H and O–H groups in total. The van der Waals surface area contributed by atoms with Crippen LogP contribution in [0, 0.1) is 0 Å². The van der Waals surface area contributed by atoms with Crippen molar-refractivity contribution in [2.45, 2.75) is 6.61 Å². The number of benzene rings is 3. The summed E-state index contributed by atoms with van der Waals surface area (Å²) in [5.74, 6) is 1.40. The fourth-order valence-electron chi connectivity index (χ4n) is 3.02. The molecule has 1 heterocycles. The molecule has 0 bridgehead atoms. The Morgan fingerprint density at radius 2 is 1.72 bits per heavy atom. The molecule has 0 fully saturated rings. The number of halogens is 1. The van der Waals surface area contributed by atoms with Crippen LogP contribution in [0.3, 0.4) is 0 Å². The Morgan fingerprint density at radius 1 is 1.00 bits per heavy atom. The zero-order valence-electron chi connectivity index (χ0n) is 16.2. The molecule has 5 heteroatoms. The number of allylic oxidation sites excluding steroid dienone is 1. The Hall–Kier alpha value is -3.05. The van der Waals surface area contributed by atoms with E-state index in [2.05, 4.69) is 15.9 Å². The summed E-state index contributed by atoms with van der Waals surface area (Å²) in [7, 11) is 3.98. The Bertz CT molecular complexity index is 1070. The first-order valence-corrected chi connectivity index (χ1v) is 10.0. The first-order valence-electron chi connectivity index (χ1n) is 9.22. The lowest BCUT2D eigenvalue weighted by atomic mass is 10.1. The van der Waals surface area contributed by atoms with Gasteiger partial charge in [0.1, 0.15) is 18.1 Å². The molecule has 3 aromatic carbocycles. The van der Waals surface area contributed by atoms with E-state index >= 15 is 0 Å². The van der Waals surface area contributed by atoms with E-state index in [0.29, 0.717) is 29.4 Å². The van der Waals surface area contributed by atoms with Gasteiger partial charge in [-0.1, -0.05) is 40.2 Å². The van der Waals surface area contributed by atoms with Crippen LogP contribution in [-0.2, 0) is 6.61 Å². The average Bonchev–Trinajstić information content (AvgIpc) is 3.03. The minimum absolute atomic E-state index is 0.115. The van der Waals surface area contributed by atoms with Crippen molar-refractivity contribution in [1.82, 2.24) is 0 Å². The van der Waals surface area contributed by atoms with Gasteiger partial charge in [-0.2, -0.15) is 0 Å². The van der Waals surface area contributed by atoms with Gasteiger partial charge in [-0.25, -0.2) is 0 Å². The highest BCUT2D eigenvalue weighted by Gasteiger charge is 2.27. The number of rotatable bonds is 5. The molecule has 0 atom stereocenters. The normalized spacial score (nSPS) is 13.9. The molecular formula is C24H20BrNO3. The molecule has 0 saturated heterocycles. The second-order valence-corrected chi connectivity index (χ2v) is 7.91. The van der Waals surface area contributed by atoms with E-state index in [9.17, 15) is 4.79 Å². The van der Waals surface area contributed by atoms with E-state index in [0.717, 1.165) is 21.3 Å². The molecule has 0 aliphatic carbocycles. The summed E-state index contributed by atoms with van der Waals surface area (Å²) in [6.07, 6.45) is 1.77. The second-order valence-electron chi connectivity index (χ2n) is 7.00. The van der Waals surface area contributed by atoms with Crippen molar-refractivity contribution >= 4 is 33.5 Å². The first-order chi connectivity index (χ1) is 14.0. The summed E-state index contributed by atoms with van der Waals surface area (Å²) in [4.78, 5) is 14.7. The van der Waals surface area contributed by atoms with E-state index < -0.39 is 0 Å². The van der Waals surface area contributed by atoms with Crippen molar-refractivity contribution < 1.29 is 14.3 Å². The fourth-order valence-corrected chi connectivity index (χ4v) is 3.29. The number of nitrogens with zero attached hydrogens (tertiary/aromatic N) is 1. The van der Waals surface area contributed by atoms with Gasteiger partial charge >= 0.3 is 0 Å². The fraction of sp³-hybridized carbons (Fsp3) is 0.125. The zero-order valence-corrected chi connectivity index (χ0v) is 17.8. The van der Waals surface area contributed by atoms with Crippen LogP contribution in [0.25, 0.3) is 6.08 Å². The van der Waals surface area contributed by atoms with E-state index in [4.69, 9.17) is 9.47 Å². The summed E-state index contributed by atoms with van der Waals surface area (Å²) in [5, 5.41) is 0. The van der Waals surface area contributed by atoms with Crippen molar-refractivity contribution in [1.29, 1.82) is 0 Å². The minimum Gasteiger partial charge on any atom is -0.489 e. The van der Waals surface area contributed by atoms with Crippen LogP contribution in [0.1, 0.15) is 21.5 Å². The van der Waals surface area contributed by atoms with Crippen molar-refractivity contribution in [3.05, 3.63) is 93.7 Å². The summed E-state index contributed by atoms with van der Waals surface area (Å²) in [6, 6.07) is 21.2. The van der Waals surface area contributed by atoms with Gasteiger partial charge in [-0.15, -0.1) is 0 Å². The number of hydrogen-bond donors (Lipinski definition) is 0. The number of Topliss-reactive ketones (excluding diaryl/α,β-unsaturated/α-hetero) is 1. The van der Waals surface area contributed by atoms with Gasteiger partial charge in [0.05, 0.1) is 5.56 Å². The van der Waals surface area contributed by atoms with Gasteiger partial charge < -0.3 is 14.4 Å². The second kappa shape index (κ2) is 8.13. The van der Waals surface area contributed by atoms with Gasteiger partial charge in [-0.05, 0) is 53.6 Å². The maximum Gasteiger partial charge on any atom is 0.231 e. The van der Waals surface area contributed by atoms with Gasteiger partial charge in [0.25, 0.3) is 0 Å². The molecule has 1 aliphatic rings. The van der Waals surface area contributed by atoms with Gasteiger partial charge in [0.2, 0.25) is 5.78 Å². The van der Waals surface area contributed by atoms with Crippen molar-refractivity contribution in [2.75, 3.05) is 19.0 Å². The van der Waals surface area contributed by atoms with Crippen molar-refractivity contribution in [3.63, 3.8) is 0 Å². The maximum atomic E-state index is 12.7. The van der Waals surface area contributed by atoms with E-state index in [-0.39, 0.29) is 5.78 Å². The molecule has 146 valence electrons. The Kier molecular flexibility index (Phi) is 5.41. The van der Waals surface area contributed by atoms with Gasteiger partial charge in [0, 0.05) is 30.3 Å². The van der Waals surface area contributed by atoms with Gasteiger partial charge in [0.15, 0.2) is 5.76 Å². The molecule has 3 aromatic rings. The molecular weight excluding hydrogens is 430 g/mol. The highest BCUT2D eigenvalue weighted by molar-refractivity contribution is 9.10. The average molecular weight is 450 g/mol. The third kappa shape index (κ3) is 4.35. The SMILES string of the molecule is CN(C)c1ccc(/C=C2\Oc3cc(OCc4ccc(Br)cc4)ccc3C2=O)cc1. The lowest BCUT2D eigenvalue weighted by Gasteiger charge is -2.11. The summed E-state index contributed by atoms with van der Waals surface area (Å²) < 4.78 is 12.7. The molecule has 0 radical (unpaired) electrons. The predicted molar refractivity (Wildman–Crippen MR) is 119 cm³/mol. The number of ether oxygens (including phenoxy) is 2. The van der Waals surface area contributed by atoms with E-state index in [1.165, 1.54) is 0 Å². The smallest absolute Gasteiger partial charge is 0.231 e. The van der Waals surface area contributed by atoms with Crippen LogP contribution in [0.4, 0.5) is 5.69 Å². The number of hydrogen-bond acceptors (Lipinski definition) is 4. The number of anilines is 1. The Morgan fingerprint density at radius 3 is 2.41 bits per heavy atom. The highest BCUT2D eigenvalue weighted by Crippen LogP contribution is 2.35. The Balaban J connectivity index is 1.48. The molecule has 0 saturated carbocycles. The van der Waals surface area contributed by atoms with Crippen molar-refractivity contribution in [3.8, 4) is 11.5 Å². The number of ketones is 1. The number of carbonyl (C=O) groups excluding carboxylic acids is 1. The Labute approximate surface area is 178 Å². The summed E-state index contributed by atoms with van der Waals surface area (Å²) in [5.41, 5.74) is 3.63. The topological polar surface area (TPSA) is 38.8 Å². The van der Waals surface area contributed by atoms with Crippen LogP contribution in [0.2, 0.25) is 0 Å². The van der Waals surface area contributed by atoms with Crippen LogP contribution in [-0.4, -0.2) is 19.9 Å². The monoisotopic (exact) mass is 449 g/mol. The molecule has 1 aliphatic heterocycles. The largest absolute Gasteiger partial charge is 0.489 e. The molecule has 0 unspecified atom stereocenters. The first kappa shape index (κ1) is 19.3.